The lowest BCUT2D eigenvalue weighted by molar-refractivity contribution is -0.204. The molecule has 2 aliphatic heterocycles. The molecular formula is C29H24O10S. The molecule has 2 fully saturated rings. The lowest BCUT2D eigenvalue weighted by Crippen LogP contribution is -2.59. The fourth-order valence-corrected chi connectivity index (χ4v) is 6.17. The van der Waals surface area contributed by atoms with E-state index in [1.165, 1.54) is 36.4 Å². The van der Waals surface area contributed by atoms with E-state index in [-0.39, 0.29) is 16.7 Å². The average molecular weight is 565 g/mol. The third kappa shape index (κ3) is 5.65. The minimum absolute atomic E-state index is 0.177. The van der Waals surface area contributed by atoms with Crippen LogP contribution in [0.2, 0.25) is 0 Å². The smallest absolute Gasteiger partial charge is 0.338 e. The van der Waals surface area contributed by atoms with Gasteiger partial charge in [-0.25, -0.2) is 14.4 Å². The van der Waals surface area contributed by atoms with Gasteiger partial charge in [0.05, 0.1) is 27.5 Å². The van der Waals surface area contributed by atoms with E-state index >= 15 is 0 Å². The summed E-state index contributed by atoms with van der Waals surface area (Å²) >= 11 is 0. The molecule has 2 saturated heterocycles. The summed E-state index contributed by atoms with van der Waals surface area (Å²) in [4.78, 5) is 51.3. The van der Waals surface area contributed by atoms with Crippen LogP contribution in [-0.4, -0.2) is 63.4 Å². The van der Waals surface area contributed by atoms with Gasteiger partial charge in [-0.3, -0.25) is 9.00 Å². The van der Waals surface area contributed by atoms with Gasteiger partial charge in [-0.2, -0.15) is 0 Å². The van der Waals surface area contributed by atoms with Crippen molar-refractivity contribution in [2.75, 3.05) is 0 Å². The van der Waals surface area contributed by atoms with Crippen molar-refractivity contribution in [2.24, 2.45) is 0 Å². The largest absolute Gasteiger partial charge is 0.452 e. The van der Waals surface area contributed by atoms with Crippen molar-refractivity contribution < 1.29 is 47.1 Å². The fourth-order valence-electron chi connectivity index (χ4n) is 4.48. The summed E-state index contributed by atoms with van der Waals surface area (Å²) in [6.45, 7) is 1.13. The molecule has 2 bridgehead atoms. The van der Waals surface area contributed by atoms with Gasteiger partial charge in [0.25, 0.3) is 0 Å². The lowest BCUT2D eigenvalue weighted by Gasteiger charge is -2.39. The zero-order chi connectivity index (χ0) is 28.2. The van der Waals surface area contributed by atoms with E-state index in [1.54, 1.807) is 54.6 Å². The Morgan fingerprint density at radius 3 is 1.43 bits per heavy atom. The first-order valence-corrected chi connectivity index (χ1v) is 13.6. The van der Waals surface area contributed by atoms with E-state index in [4.69, 9.17) is 23.7 Å². The number of hydrogen-bond donors (Lipinski definition) is 0. The van der Waals surface area contributed by atoms with Crippen LogP contribution >= 0.6 is 0 Å². The van der Waals surface area contributed by atoms with Gasteiger partial charge in [-0.05, 0) is 36.4 Å². The van der Waals surface area contributed by atoms with E-state index in [9.17, 15) is 23.4 Å². The zero-order valence-corrected chi connectivity index (χ0v) is 21.9. The first-order chi connectivity index (χ1) is 19.3. The van der Waals surface area contributed by atoms with Gasteiger partial charge in [-0.1, -0.05) is 54.6 Å². The van der Waals surface area contributed by atoms with Crippen molar-refractivity contribution in [3.05, 3.63) is 108 Å². The molecule has 0 saturated carbocycles. The number of benzene rings is 3. The maximum atomic E-state index is 13.5. The van der Waals surface area contributed by atoms with Crippen molar-refractivity contribution in [3.8, 4) is 0 Å². The predicted octanol–water partition coefficient (Wildman–Crippen LogP) is 3.04. The molecule has 0 spiro atoms. The van der Waals surface area contributed by atoms with Crippen molar-refractivity contribution in [3.63, 3.8) is 0 Å². The SMILES string of the molecule is CC(=O)O[C@H]1[C@H]2O[C@H]([C@H](OC(=O)c3ccccc3)[C@@H](OC(=O)c3ccccc3)[C@@H]2OC(=O)c2ccccc2)S1=O. The molecule has 7 atom stereocenters. The number of fused-ring (bicyclic) bond motifs is 2. The molecule has 2 heterocycles. The molecular weight excluding hydrogens is 540 g/mol. The van der Waals surface area contributed by atoms with Crippen LogP contribution in [0.15, 0.2) is 91.0 Å². The topological polar surface area (TPSA) is 132 Å². The Hall–Kier alpha value is -4.35. The average Bonchev–Trinajstić information content (AvgIpc) is 3.25. The first kappa shape index (κ1) is 27.2. The Bertz CT molecular complexity index is 1410. The molecule has 206 valence electrons. The maximum Gasteiger partial charge on any atom is 0.338 e. The maximum absolute atomic E-state index is 13.5. The van der Waals surface area contributed by atoms with E-state index in [1.807, 2.05) is 0 Å². The third-order valence-corrected chi connectivity index (χ3v) is 7.96. The molecule has 5 rings (SSSR count). The molecule has 40 heavy (non-hydrogen) atoms. The summed E-state index contributed by atoms with van der Waals surface area (Å²) in [7, 11) is -2.07. The Balaban J connectivity index is 1.54. The molecule has 0 amide bonds. The molecule has 0 N–H and O–H groups in total. The highest BCUT2D eigenvalue weighted by atomic mass is 32.2. The minimum atomic E-state index is -2.07. The molecule has 1 unspecified atom stereocenters. The quantitative estimate of drug-likeness (QED) is 0.312. The third-order valence-electron chi connectivity index (χ3n) is 6.30. The van der Waals surface area contributed by atoms with Crippen molar-refractivity contribution in [2.45, 2.75) is 42.2 Å². The Labute approximate surface area is 231 Å². The van der Waals surface area contributed by atoms with E-state index in [0.29, 0.717) is 0 Å². The van der Waals surface area contributed by atoms with Crippen molar-refractivity contribution in [1.29, 1.82) is 0 Å². The molecule has 3 aromatic carbocycles. The Kier molecular flexibility index (Phi) is 8.04. The van der Waals surface area contributed by atoms with Crippen LogP contribution in [0.5, 0.6) is 0 Å². The number of esters is 4. The second kappa shape index (κ2) is 11.8. The number of carbonyl (C=O) groups excluding carboxylic acids is 4. The summed E-state index contributed by atoms with van der Waals surface area (Å²) in [6.07, 6.45) is -5.67. The van der Waals surface area contributed by atoms with Gasteiger partial charge in [-0.15, -0.1) is 0 Å². The van der Waals surface area contributed by atoms with Crippen LogP contribution in [0.3, 0.4) is 0 Å². The fraction of sp³-hybridized carbons (Fsp3) is 0.241. The van der Waals surface area contributed by atoms with E-state index in [0.717, 1.165) is 6.92 Å². The number of ether oxygens (including phenoxy) is 5. The molecule has 0 aromatic heterocycles. The molecule has 10 nitrogen and oxygen atoms in total. The Morgan fingerprint density at radius 2 is 1.00 bits per heavy atom. The Morgan fingerprint density at radius 1 is 0.600 bits per heavy atom. The summed E-state index contributed by atoms with van der Waals surface area (Å²) < 4.78 is 42.0. The van der Waals surface area contributed by atoms with Gasteiger partial charge in [0.15, 0.2) is 23.7 Å². The lowest BCUT2D eigenvalue weighted by atomic mass is 9.99. The van der Waals surface area contributed by atoms with Gasteiger partial charge in [0.2, 0.25) is 5.44 Å². The molecule has 11 heteroatoms. The normalized spacial score (nSPS) is 26.8. The van der Waals surface area contributed by atoms with Crippen LogP contribution < -0.4 is 0 Å². The van der Waals surface area contributed by atoms with Crippen LogP contribution in [0, 0.1) is 0 Å². The number of carbonyl (C=O) groups is 4. The van der Waals surface area contributed by atoms with Gasteiger partial charge < -0.3 is 23.7 Å². The highest BCUT2D eigenvalue weighted by molar-refractivity contribution is 7.86. The highest BCUT2D eigenvalue weighted by Gasteiger charge is 2.64. The summed E-state index contributed by atoms with van der Waals surface area (Å²) in [6, 6.07) is 24.0. The van der Waals surface area contributed by atoms with Crippen LogP contribution in [0.25, 0.3) is 0 Å². The molecule has 0 aliphatic carbocycles. The van der Waals surface area contributed by atoms with Gasteiger partial charge >= 0.3 is 23.9 Å². The van der Waals surface area contributed by atoms with Crippen molar-refractivity contribution in [1.82, 2.24) is 0 Å². The molecule has 3 aromatic rings. The first-order valence-electron chi connectivity index (χ1n) is 12.3. The van der Waals surface area contributed by atoms with Crippen LogP contribution in [-0.2, 0) is 39.3 Å². The minimum Gasteiger partial charge on any atom is -0.452 e. The molecule has 2 aliphatic rings. The van der Waals surface area contributed by atoms with Gasteiger partial charge in [0, 0.05) is 6.92 Å². The summed E-state index contributed by atoms with van der Waals surface area (Å²) in [5.74, 6) is -3.17. The molecule has 0 radical (unpaired) electrons. The summed E-state index contributed by atoms with van der Waals surface area (Å²) in [5.41, 5.74) is -2.19. The van der Waals surface area contributed by atoms with Gasteiger partial charge in [0.1, 0.15) is 6.10 Å². The standard InChI is InChI=1S/C29H24O10S/c1-17(30)35-28-24-22(37-26(32)19-13-7-3-8-14-19)21(36-25(31)18-11-5-2-6-12-18)23(29(39-24)40(28)34)38-27(33)20-15-9-4-10-16-20/h2-16,21-24,28-29H,1H3/t21-,22-,23+,24-,28+,29-,40?/m0/s1. The highest BCUT2D eigenvalue weighted by Crippen LogP contribution is 2.41. The van der Waals surface area contributed by atoms with Crippen LogP contribution in [0.1, 0.15) is 38.0 Å². The second-order valence-corrected chi connectivity index (χ2v) is 10.6. The zero-order valence-electron chi connectivity index (χ0n) is 21.1. The number of rotatable bonds is 7. The monoisotopic (exact) mass is 564 g/mol. The predicted molar refractivity (Wildman–Crippen MR) is 139 cm³/mol. The van der Waals surface area contributed by atoms with Crippen molar-refractivity contribution >= 4 is 34.7 Å². The number of hydrogen-bond acceptors (Lipinski definition) is 10. The van der Waals surface area contributed by atoms with Crippen LogP contribution in [0.4, 0.5) is 0 Å². The van der Waals surface area contributed by atoms with E-state index in [2.05, 4.69) is 0 Å². The second-order valence-electron chi connectivity index (χ2n) is 8.98. The summed E-state index contributed by atoms with van der Waals surface area (Å²) in [5, 5.41) is 0. The van der Waals surface area contributed by atoms with E-state index < -0.39 is 70.0 Å².